The highest BCUT2D eigenvalue weighted by molar-refractivity contribution is 5.70. The quantitative estimate of drug-likeness (QED) is 0.0379. The molecule has 1 atom stereocenters. The van der Waals surface area contributed by atoms with Gasteiger partial charge < -0.3 is 14.6 Å². The number of rotatable bonds is 43. The summed E-state index contributed by atoms with van der Waals surface area (Å²) >= 11 is 0. The van der Waals surface area contributed by atoms with Crippen LogP contribution in [-0.4, -0.2) is 36.4 Å². The van der Waals surface area contributed by atoms with Crippen molar-refractivity contribution in [3.63, 3.8) is 0 Å². The van der Waals surface area contributed by atoms with Gasteiger partial charge >= 0.3 is 11.9 Å². The number of esters is 2. The van der Waals surface area contributed by atoms with Gasteiger partial charge in [-0.2, -0.15) is 0 Å². The molecule has 0 aliphatic carbocycles. The molecule has 0 bridgehead atoms. The number of ether oxygens (including phenoxy) is 2. The van der Waals surface area contributed by atoms with E-state index in [1.165, 1.54) is 141 Å². The average Bonchev–Trinajstić information content (AvgIpc) is 3.20. The molecule has 324 valence electrons. The normalized spacial score (nSPS) is 12.7. The molecular formula is C51H90O5. The van der Waals surface area contributed by atoms with Crippen LogP contribution in [0.1, 0.15) is 232 Å². The fourth-order valence-electron chi connectivity index (χ4n) is 6.65. The highest BCUT2D eigenvalue weighted by Gasteiger charge is 2.16. The van der Waals surface area contributed by atoms with E-state index in [0.717, 1.165) is 64.2 Å². The first-order chi connectivity index (χ1) is 27.6. The van der Waals surface area contributed by atoms with E-state index >= 15 is 0 Å². The van der Waals surface area contributed by atoms with Gasteiger partial charge in [0.2, 0.25) is 0 Å². The second kappa shape index (κ2) is 47.0. The van der Waals surface area contributed by atoms with E-state index in [-0.39, 0.29) is 25.2 Å². The Bertz CT molecular complexity index is 977. The molecule has 0 aromatic heterocycles. The lowest BCUT2D eigenvalue weighted by molar-refractivity contribution is -0.161. The van der Waals surface area contributed by atoms with Crippen LogP contribution in [0.2, 0.25) is 0 Å². The third-order valence-corrected chi connectivity index (χ3v) is 10.3. The molecule has 5 heteroatoms. The first-order valence-corrected chi connectivity index (χ1v) is 23.8. The van der Waals surface area contributed by atoms with Gasteiger partial charge in [0, 0.05) is 12.8 Å². The molecule has 0 fully saturated rings. The Morgan fingerprint density at radius 1 is 0.411 bits per heavy atom. The average molecular weight is 783 g/mol. The number of unbranched alkanes of at least 4 members (excludes halogenated alkanes) is 25. The molecule has 0 aromatic rings. The van der Waals surface area contributed by atoms with Crippen molar-refractivity contribution in [1.29, 1.82) is 0 Å². The Hall–Kier alpha value is -2.40. The molecule has 0 aliphatic rings. The van der Waals surface area contributed by atoms with Crippen molar-refractivity contribution < 1.29 is 24.2 Å². The van der Waals surface area contributed by atoms with Crippen molar-refractivity contribution in [2.24, 2.45) is 0 Å². The lowest BCUT2D eigenvalue weighted by Gasteiger charge is -2.15. The smallest absolute Gasteiger partial charge is 0.306 e. The molecule has 1 unspecified atom stereocenters. The zero-order valence-corrected chi connectivity index (χ0v) is 36.9. The van der Waals surface area contributed by atoms with Crippen molar-refractivity contribution >= 4 is 11.9 Å². The van der Waals surface area contributed by atoms with Crippen molar-refractivity contribution in [3.05, 3.63) is 60.8 Å². The number of aliphatic hydroxyl groups is 1. The second-order valence-corrected chi connectivity index (χ2v) is 15.8. The largest absolute Gasteiger partial charge is 0.462 e. The lowest BCUT2D eigenvalue weighted by atomic mass is 10.1. The van der Waals surface area contributed by atoms with E-state index in [0.29, 0.717) is 12.8 Å². The van der Waals surface area contributed by atoms with Crippen LogP contribution in [0.5, 0.6) is 0 Å². The molecule has 0 heterocycles. The molecule has 0 rings (SSSR count). The Labute approximate surface area is 347 Å². The number of carbonyl (C=O) groups excluding carboxylic acids is 2. The number of carbonyl (C=O) groups is 2. The Morgan fingerprint density at radius 2 is 0.714 bits per heavy atom. The third-order valence-electron chi connectivity index (χ3n) is 10.3. The zero-order valence-electron chi connectivity index (χ0n) is 36.9. The summed E-state index contributed by atoms with van der Waals surface area (Å²) in [5.41, 5.74) is 0. The molecule has 0 aromatic carbocycles. The van der Waals surface area contributed by atoms with Crippen LogP contribution in [0.25, 0.3) is 0 Å². The predicted molar refractivity (Wildman–Crippen MR) is 242 cm³/mol. The molecule has 0 aliphatic heterocycles. The van der Waals surface area contributed by atoms with Crippen LogP contribution >= 0.6 is 0 Å². The molecule has 0 spiro atoms. The van der Waals surface area contributed by atoms with Crippen LogP contribution < -0.4 is 0 Å². The van der Waals surface area contributed by atoms with E-state index in [4.69, 9.17) is 9.47 Å². The van der Waals surface area contributed by atoms with Crippen LogP contribution in [0.3, 0.4) is 0 Å². The second-order valence-electron chi connectivity index (χ2n) is 15.8. The van der Waals surface area contributed by atoms with Gasteiger partial charge in [-0.25, -0.2) is 0 Å². The number of aliphatic hydroxyl groups excluding tert-OH is 1. The van der Waals surface area contributed by atoms with E-state index in [1.54, 1.807) is 0 Å². The molecule has 56 heavy (non-hydrogen) atoms. The summed E-state index contributed by atoms with van der Waals surface area (Å²) in [6.07, 6.45) is 61.5. The minimum Gasteiger partial charge on any atom is -0.462 e. The van der Waals surface area contributed by atoms with Crippen molar-refractivity contribution in [2.45, 2.75) is 238 Å². The highest BCUT2D eigenvalue weighted by atomic mass is 16.6. The van der Waals surface area contributed by atoms with Gasteiger partial charge in [-0.3, -0.25) is 9.59 Å². The summed E-state index contributed by atoms with van der Waals surface area (Å²) in [7, 11) is 0. The predicted octanol–water partition coefficient (Wildman–Crippen LogP) is 15.5. The molecule has 0 saturated heterocycles. The first kappa shape index (κ1) is 53.6. The summed E-state index contributed by atoms with van der Waals surface area (Å²) in [5.74, 6) is -0.608. The van der Waals surface area contributed by atoms with Crippen LogP contribution in [-0.2, 0) is 19.1 Å². The first-order valence-electron chi connectivity index (χ1n) is 23.8. The Morgan fingerprint density at radius 3 is 1.07 bits per heavy atom. The maximum atomic E-state index is 12.2. The minimum absolute atomic E-state index is 0.0748. The number of hydrogen-bond acceptors (Lipinski definition) is 5. The molecule has 0 radical (unpaired) electrons. The number of allylic oxidation sites excluding steroid dienone is 10. The molecule has 1 N–H and O–H groups in total. The Kier molecular flexibility index (Phi) is 45.0. The molecule has 5 nitrogen and oxygen atoms in total. The fourth-order valence-corrected chi connectivity index (χ4v) is 6.65. The molecule has 0 amide bonds. The minimum atomic E-state index is -0.783. The summed E-state index contributed by atoms with van der Waals surface area (Å²) < 4.78 is 10.7. The van der Waals surface area contributed by atoms with Gasteiger partial charge in [-0.1, -0.05) is 197 Å². The lowest BCUT2D eigenvalue weighted by Crippen LogP contribution is -2.28. The highest BCUT2D eigenvalue weighted by Crippen LogP contribution is 2.14. The number of hydrogen-bond donors (Lipinski definition) is 1. The summed E-state index contributed by atoms with van der Waals surface area (Å²) in [4.78, 5) is 24.4. The molecular weight excluding hydrogens is 693 g/mol. The van der Waals surface area contributed by atoms with Crippen LogP contribution in [0.15, 0.2) is 60.8 Å². The van der Waals surface area contributed by atoms with Gasteiger partial charge in [0.1, 0.15) is 6.61 Å². The van der Waals surface area contributed by atoms with Gasteiger partial charge in [0.05, 0.1) is 6.61 Å². The van der Waals surface area contributed by atoms with Gasteiger partial charge in [-0.05, 0) is 83.5 Å². The SMILES string of the molecule is CCCCCCC/C=C\C/C=C\C/C=C\CCCCCCCCC(=O)OC(CO)COC(=O)CCCCCCCCCCC/C=C\C/C=C\CCCCCCC. The standard InChI is InChI=1S/C51H90O5/c1-3-5-7-9-11-13-15-17-19-21-23-25-27-29-31-33-35-37-39-41-43-45-50(53)55-48-49(47-52)56-51(54)46-44-42-40-38-36-34-32-30-28-26-24-22-20-18-16-14-12-10-8-6-4-2/h15-18,21-24,28,30,49,52H,3-14,19-20,25-27,29,31-48H2,1-2H3/b17-15-,18-16-,23-21-,24-22-,30-28-. The van der Waals surface area contributed by atoms with E-state index < -0.39 is 6.10 Å². The van der Waals surface area contributed by atoms with Gasteiger partial charge in [0.25, 0.3) is 0 Å². The maximum absolute atomic E-state index is 12.2. The van der Waals surface area contributed by atoms with Gasteiger partial charge in [0.15, 0.2) is 6.10 Å². The van der Waals surface area contributed by atoms with Crippen LogP contribution in [0, 0.1) is 0 Å². The summed E-state index contributed by atoms with van der Waals surface area (Å²) in [5, 5.41) is 9.61. The topological polar surface area (TPSA) is 72.8 Å². The van der Waals surface area contributed by atoms with Crippen LogP contribution in [0.4, 0.5) is 0 Å². The third kappa shape index (κ3) is 44.3. The molecule has 0 saturated carbocycles. The summed E-state index contributed by atoms with van der Waals surface area (Å²) in [6, 6.07) is 0. The van der Waals surface area contributed by atoms with Gasteiger partial charge in [-0.15, -0.1) is 0 Å². The monoisotopic (exact) mass is 783 g/mol. The maximum Gasteiger partial charge on any atom is 0.306 e. The van der Waals surface area contributed by atoms with Crippen molar-refractivity contribution in [1.82, 2.24) is 0 Å². The van der Waals surface area contributed by atoms with E-state index in [1.807, 2.05) is 0 Å². The fraction of sp³-hybridized carbons (Fsp3) is 0.765. The van der Waals surface area contributed by atoms with Crippen molar-refractivity contribution in [2.75, 3.05) is 13.2 Å². The Balaban J connectivity index is 3.57. The van der Waals surface area contributed by atoms with Crippen molar-refractivity contribution in [3.8, 4) is 0 Å². The summed E-state index contributed by atoms with van der Waals surface area (Å²) in [6.45, 7) is 4.11. The zero-order chi connectivity index (χ0) is 40.7. The van der Waals surface area contributed by atoms with E-state index in [2.05, 4.69) is 74.6 Å². The van der Waals surface area contributed by atoms with E-state index in [9.17, 15) is 14.7 Å².